The Morgan fingerprint density at radius 2 is 2.05 bits per heavy atom. The zero-order valence-corrected chi connectivity index (χ0v) is 13.6. The van der Waals surface area contributed by atoms with E-state index >= 15 is 0 Å². The standard InChI is InChI=1S/C14H26N4O3/c1-14(2,3)21-13(20)18-9-8-16-11(10-18)15-7-6-12(19)17(4)5/h6-10H2,1-5H3,(H,15,16). The molecule has 7 nitrogen and oxygen atoms in total. The van der Waals surface area contributed by atoms with Crippen LogP contribution in [0.3, 0.4) is 0 Å². The second kappa shape index (κ2) is 7.28. The largest absolute Gasteiger partial charge is 0.444 e. The maximum atomic E-state index is 12.0. The Labute approximate surface area is 126 Å². The van der Waals surface area contributed by atoms with Crippen LogP contribution < -0.4 is 5.32 Å². The molecule has 0 aromatic heterocycles. The van der Waals surface area contributed by atoms with Gasteiger partial charge in [-0.3, -0.25) is 14.7 Å². The summed E-state index contributed by atoms with van der Waals surface area (Å²) >= 11 is 0. The second-order valence-electron chi connectivity index (χ2n) is 6.20. The lowest BCUT2D eigenvalue weighted by molar-refractivity contribution is -0.128. The average Bonchev–Trinajstić information content (AvgIpc) is 2.36. The van der Waals surface area contributed by atoms with Crippen LogP contribution >= 0.6 is 0 Å². The van der Waals surface area contributed by atoms with E-state index in [0.29, 0.717) is 32.6 Å². The van der Waals surface area contributed by atoms with Crippen molar-refractivity contribution >= 4 is 17.8 Å². The van der Waals surface area contributed by atoms with Crippen molar-refractivity contribution in [3.8, 4) is 0 Å². The Bertz CT molecular complexity index is 413. The first-order valence-corrected chi connectivity index (χ1v) is 7.14. The summed E-state index contributed by atoms with van der Waals surface area (Å²) < 4.78 is 5.34. The van der Waals surface area contributed by atoms with Gasteiger partial charge < -0.3 is 15.0 Å². The highest BCUT2D eigenvalue weighted by atomic mass is 16.6. The maximum absolute atomic E-state index is 12.0. The van der Waals surface area contributed by atoms with Crippen molar-refractivity contribution in [1.29, 1.82) is 0 Å². The zero-order valence-electron chi connectivity index (χ0n) is 13.6. The molecule has 0 unspecified atom stereocenters. The number of hydrogen-bond donors (Lipinski definition) is 1. The number of carbonyl (C=O) groups is 2. The number of amides is 2. The van der Waals surface area contributed by atoms with Crippen LogP contribution in [-0.2, 0) is 9.53 Å². The van der Waals surface area contributed by atoms with Crippen LogP contribution in [-0.4, -0.2) is 73.5 Å². The van der Waals surface area contributed by atoms with Gasteiger partial charge in [0.25, 0.3) is 0 Å². The van der Waals surface area contributed by atoms with Gasteiger partial charge in [0, 0.05) is 33.6 Å². The van der Waals surface area contributed by atoms with E-state index in [1.807, 2.05) is 20.8 Å². The van der Waals surface area contributed by atoms with Crippen LogP contribution in [0.15, 0.2) is 4.99 Å². The van der Waals surface area contributed by atoms with E-state index < -0.39 is 5.60 Å². The molecule has 7 heteroatoms. The highest BCUT2D eigenvalue weighted by Gasteiger charge is 2.24. The molecule has 0 aromatic rings. The molecule has 0 radical (unpaired) electrons. The smallest absolute Gasteiger partial charge is 0.410 e. The second-order valence-corrected chi connectivity index (χ2v) is 6.20. The van der Waals surface area contributed by atoms with E-state index in [4.69, 9.17) is 4.74 Å². The van der Waals surface area contributed by atoms with Gasteiger partial charge in [-0.2, -0.15) is 0 Å². The van der Waals surface area contributed by atoms with Crippen molar-refractivity contribution in [1.82, 2.24) is 15.1 Å². The first kappa shape index (κ1) is 17.3. The monoisotopic (exact) mass is 298 g/mol. The number of rotatable bonds is 3. The van der Waals surface area contributed by atoms with Gasteiger partial charge in [-0.25, -0.2) is 4.79 Å². The van der Waals surface area contributed by atoms with Crippen LogP contribution in [0.4, 0.5) is 4.79 Å². The van der Waals surface area contributed by atoms with Crippen molar-refractivity contribution < 1.29 is 14.3 Å². The molecule has 1 aliphatic heterocycles. The summed E-state index contributed by atoms with van der Waals surface area (Å²) in [5.74, 6) is 0.779. The van der Waals surface area contributed by atoms with Gasteiger partial charge in [-0.1, -0.05) is 0 Å². The molecule has 0 saturated heterocycles. The Morgan fingerprint density at radius 3 is 2.62 bits per heavy atom. The van der Waals surface area contributed by atoms with Gasteiger partial charge in [-0.15, -0.1) is 0 Å². The van der Waals surface area contributed by atoms with Gasteiger partial charge >= 0.3 is 6.09 Å². The van der Waals surface area contributed by atoms with Crippen LogP contribution in [0.25, 0.3) is 0 Å². The topological polar surface area (TPSA) is 74.2 Å². The number of amidine groups is 1. The highest BCUT2D eigenvalue weighted by molar-refractivity contribution is 5.88. The number of ether oxygens (including phenoxy) is 1. The molecule has 0 fully saturated rings. The van der Waals surface area contributed by atoms with E-state index in [2.05, 4.69) is 10.3 Å². The van der Waals surface area contributed by atoms with E-state index in [9.17, 15) is 9.59 Å². The Balaban J connectivity index is 2.40. The number of nitrogens with zero attached hydrogens (tertiary/aromatic N) is 3. The van der Waals surface area contributed by atoms with Crippen molar-refractivity contribution in [2.24, 2.45) is 4.99 Å². The van der Waals surface area contributed by atoms with E-state index in [-0.39, 0.29) is 12.0 Å². The number of hydrogen-bond acceptors (Lipinski definition) is 5. The lowest BCUT2D eigenvalue weighted by Crippen LogP contribution is -2.47. The zero-order chi connectivity index (χ0) is 16.0. The molecule has 1 aliphatic rings. The van der Waals surface area contributed by atoms with Crippen LogP contribution in [0.1, 0.15) is 27.2 Å². The first-order chi connectivity index (χ1) is 9.69. The Kier molecular flexibility index (Phi) is 5.99. The van der Waals surface area contributed by atoms with Gasteiger partial charge in [0.1, 0.15) is 11.4 Å². The normalized spacial score (nSPS) is 15.3. The fourth-order valence-corrected chi connectivity index (χ4v) is 1.75. The van der Waals surface area contributed by atoms with Crippen molar-refractivity contribution in [3.05, 3.63) is 0 Å². The third kappa shape index (κ3) is 6.46. The van der Waals surface area contributed by atoms with Gasteiger partial charge in [0.15, 0.2) is 0 Å². The summed E-state index contributed by atoms with van der Waals surface area (Å²) in [5, 5.41) is 3.11. The maximum Gasteiger partial charge on any atom is 0.410 e. The molecular weight excluding hydrogens is 272 g/mol. The summed E-state index contributed by atoms with van der Waals surface area (Å²) in [7, 11) is 3.45. The summed E-state index contributed by atoms with van der Waals surface area (Å²) in [4.78, 5) is 31.0. The molecule has 0 bridgehead atoms. The highest BCUT2D eigenvalue weighted by Crippen LogP contribution is 2.10. The molecule has 0 saturated carbocycles. The third-order valence-electron chi connectivity index (χ3n) is 2.83. The molecule has 0 spiro atoms. The molecule has 1 N–H and O–H groups in total. The summed E-state index contributed by atoms with van der Waals surface area (Å²) in [6, 6.07) is 0. The molecule has 0 aromatic carbocycles. The number of nitrogens with one attached hydrogen (secondary N) is 1. The van der Waals surface area contributed by atoms with E-state index in [1.54, 1.807) is 23.9 Å². The predicted octanol–water partition coefficient (Wildman–Crippen LogP) is 0.704. The summed E-state index contributed by atoms with van der Waals surface area (Å²) in [6.07, 6.45) is 0.0689. The molecule has 120 valence electrons. The van der Waals surface area contributed by atoms with Gasteiger partial charge in [0.05, 0.1) is 13.1 Å². The Hall–Kier alpha value is -1.79. The predicted molar refractivity (Wildman–Crippen MR) is 81.4 cm³/mol. The molecule has 0 atom stereocenters. The average molecular weight is 298 g/mol. The van der Waals surface area contributed by atoms with Crippen molar-refractivity contribution in [2.75, 3.05) is 40.3 Å². The minimum absolute atomic E-state index is 0.0582. The first-order valence-electron chi connectivity index (χ1n) is 7.14. The molecule has 21 heavy (non-hydrogen) atoms. The van der Waals surface area contributed by atoms with E-state index in [1.165, 1.54) is 0 Å². The van der Waals surface area contributed by atoms with Crippen molar-refractivity contribution in [3.63, 3.8) is 0 Å². The van der Waals surface area contributed by atoms with Crippen molar-refractivity contribution in [2.45, 2.75) is 32.8 Å². The van der Waals surface area contributed by atoms with Gasteiger partial charge in [-0.05, 0) is 20.8 Å². The lowest BCUT2D eigenvalue weighted by Gasteiger charge is -2.30. The molecule has 2 amide bonds. The molecular formula is C14H26N4O3. The number of aliphatic imine (C=N–C) groups is 1. The van der Waals surface area contributed by atoms with Crippen LogP contribution in [0.5, 0.6) is 0 Å². The summed E-state index contributed by atoms with van der Waals surface area (Å²) in [6.45, 7) is 7.53. The van der Waals surface area contributed by atoms with Crippen LogP contribution in [0.2, 0.25) is 0 Å². The molecule has 1 rings (SSSR count). The SMILES string of the molecule is CN(C)C(=O)CCNC1=NCCN(C(=O)OC(C)(C)C)C1. The molecule has 0 aliphatic carbocycles. The Morgan fingerprint density at radius 1 is 1.38 bits per heavy atom. The van der Waals surface area contributed by atoms with Crippen LogP contribution in [0, 0.1) is 0 Å². The fourth-order valence-electron chi connectivity index (χ4n) is 1.75. The lowest BCUT2D eigenvalue weighted by atomic mass is 10.2. The van der Waals surface area contributed by atoms with Gasteiger partial charge in [0.2, 0.25) is 5.91 Å². The third-order valence-corrected chi connectivity index (χ3v) is 2.83. The quantitative estimate of drug-likeness (QED) is 0.832. The van der Waals surface area contributed by atoms with E-state index in [0.717, 1.165) is 5.84 Å². The number of carbonyl (C=O) groups excluding carboxylic acids is 2. The minimum atomic E-state index is -0.503. The minimum Gasteiger partial charge on any atom is -0.444 e. The fraction of sp³-hybridized carbons (Fsp3) is 0.786. The summed E-state index contributed by atoms with van der Waals surface area (Å²) in [5.41, 5.74) is -0.503. The molecule has 1 heterocycles.